The lowest BCUT2D eigenvalue weighted by molar-refractivity contribution is 0.0759. The number of carbonyl (C=O) groups is 2. The number of para-hydroxylation sites is 1. The largest absolute Gasteiger partial charge is 0.454 e. The summed E-state index contributed by atoms with van der Waals surface area (Å²) in [6, 6.07) is 14.2. The zero-order chi connectivity index (χ0) is 18.6. The fourth-order valence-corrected chi connectivity index (χ4v) is 3.17. The Morgan fingerprint density at radius 3 is 2.44 bits per heavy atom. The van der Waals surface area contributed by atoms with Gasteiger partial charge in [-0.25, -0.2) is 4.79 Å². The van der Waals surface area contributed by atoms with E-state index < -0.39 is 6.09 Å². The van der Waals surface area contributed by atoms with Gasteiger partial charge in [0.25, 0.3) is 5.91 Å². The van der Waals surface area contributed by atoms with Gasteiger partial charge in [0, 0.05) is 31.7 Å². The van der Waals surface area contributed by atoms with Crippen molar-refractivity contribution in [2.24, 2.45) is 0 Å². The molecule has 140 valence electrons. The Bertz CT molecular complexity index is 840. The molecule has 2 aliphatic rings. The summed E-state index contributed by atoms with van der Waals surface area (Å²) in [5.41, 5.74) is 0.555. The van der Waals surface area contributed by atoms with Crippen LogP contribution in [0.25, 0.3) is 0 Å². The predicted octanol–water partition coefficient (Wildman–Crippen LogP) is 2.76. The molecule has 0 saturated carbocycles. The number of hydrogen-bond donors (Lipinski definition) is 0. The Morgan fingerprint density at radius 2 is 1.59 bits per heavy atom. The van der Waals surface area contributed by atoms with Gasteiger partial charge in [0.05, 0.1) is 0 Å². The van der Waals surface area contributed by atoms with Gasteiger partial charge in [-0.3, -0.25) is 4.79 Å². The molecular formula is C20H20N2O5. The summed E-state index contributed by atoms with van der Waals surface area (Å²) in [6.45, 7) is 2.20. The third-order valence-corrected chi connectivity index (χ3v) is 4.61. The number of fused-ring (bicyclic) bond motifs is 1. The van der Waals surface area contributed by atoms with E-state index >= 15 is 0 Å². The number of benzene rings is 2. The molecule has 2 aromatic carbocycles. The first-order valence-corrected chi connectivity index (χ1v) is 8.91. The molecule has 0 aromatic heterocycles. The average molecular weight is 368 g/mol. The molecule has 0 bridgehead atoms. The summed E-state index contributed by atoms with van der Waals surface area (Å²) in [5, 5.41) is 0. The molecule has 2 aromatic rings. The Hall–Kier alpha value is -3.22. The van der Waals surface area contributed by atoms with E-state index in [1.54, 1.807) is 40.1 Å². The fourth-order valence-electron chi connectivity index (χ4n) is 3.17. The van der Waals surface area contributed by atoms with Crippen LogP contribution in [0.15, 0.2) is 48.5 Å². The van der Waals surface area contributed by atoms with E-state index in [4.69, 9.17) is 14.2 Å². The maximum Gasteiger partial charge on any atom is 0.415 e. The van der Waals surface area contributed by atoms with Gasteiger partial charge >= 0.3 is 6.09 Å². The van der Waals surface area contributed by atoms with Crippen LogP contribution in [0.2, 0.25) is 0 Å². The predicted molar refractivity (Wildman–Crippen MR) is 97.1 cm³/mol. The first-order chi connectivity index (χ1) is 13.2. The van der Waals surface area contributed by atoms with Crippen LogP contribution in [-0.2, 0) is 0 Å². The zero-order valence-electron chi connectivity index (χ0n) is 14.8. The van der Waals surface area contributed by atoms with E-state index in [1.807, 2.05) is 18.2 Å². The molecule has 0 N–H and O–H groups in total. The van der Waals surface area contributed by atoms with E-state index in [0.29, 0.717) is 55.4 Å². The summed E-state index contributed by atoms with van der Waals surface area (Å²) in [5.74, 6) is 1.67. The molecule has 0 aliphatic carbocycles. The van der Waals surface area contributed by atoms with Crippen molar-refractivity contribution in [3.8, 4) is 17.2 Å². The van der Waals surface area contributed by atoms with Gasteiger partial charge in [-0.05, 0) is 36.8 Å². The van der Waals surface area contributed by atoms with Gasteiger partial charge in [0.1, 0.15) is 5.75 Å². The van der Waals surface area contributed by atoms with Crippen LogP contribution in [0.5, 0.6) is 17.2 Å². The number of nitrogens with zero attached hydrogens (tertiary/aromatic N) is 2. The lowest BCUT2D eigenvalue weighted by Gasteiger charge is -2.22. The standard InChI is InChI=1S/C20H20N2O5/c23-19(15-7-8-17-18(13-15)26-14-25-17)21-9-4-10-22(12-11-21)20(24)27-16-5-2-1-3-6-16/h1-3,5-8,13H,4,9-12,14H2. The van der Waals surface area contributed by atoms with Gasteiger partial charge in [-0.1, -0.05) is 18.2 Å². The molecule has 0 unspecified atom stereocenters. The van der Waals surface area contributed by atoms with Crippen LogP contribution in [0.1, 0.15) is 16.8 Å². The number of carbonyl (C=O) groups excluding carboxylic acids is 2. The second kappa shape index (κ2) is 7.57. The first-order valence-electron chi connectivity index (χ1n) is 8.91. The van der Waals surface area contributed by atoms with Crippen molar-refractivity contribution in [1.82, 2.24) is 9.80 Å². The first kappa shape index (κ1) is 17.2. The van der Waals surface area contributed by atoms with Crippen molar-refractivity contribution < 1.29 is 23.8 Å². The van der Waals surface area contributed by atoms with Gasteiger partial charge in [0.2, 0.25) is 6.79 Å². The Labute approximate surface area is 157 Å². The van der Waals surface area contributed by atoms with Gasteiger partial charge in [-0.15, -0.1) is 0 Å². The van der Waals surface area contributed by atoms with Crippen molar-refractivity contribution in [1.29, 1.82) is 0 Å². The maximum atomic E-state index is 12.8. The smallest absolute Gasteiger partial charge is 0.415 e. The second-order valence-corrected chi connectivity index (χ2v) is 6.38. The van der Waals surface area contributed by atoms with Crippen LogP contribution in [-0.4, -0.2) is 54.8 Å². The minimum Gasteiger partial charge on any atom is -0.454 e. The van der Waals surface area contributed by atoms with Gasteiger partial charge < -0.3 is 24.0 Å². The molecule has 0 atom stereocenters. The molecule has 0 spiro atoms. The quantitative estimate of drug-likeness (QED) is 0.815. The van der Waals surface area contributed by atoms with Crippen LogP contribution in [0.3, 0.4) is 0 Å². The Balaban J connectivity index is 1.38. The summed E-state index contributed by atoms with van der Waals surface area (Å²) in [4.78, 5) is 28.6. The molecule has 2 amide bonds. The fraction of sp³-hybridized carbons (Fsp3) is 0.300. The van der Waals surface area contributed by atoms with Crippen molar-refractivity contribution in [3.63, 3.8) is 0 Å². The third-order valence-electron chi connectivity index (χ3n) is 4.61. The lowest BCUT2D eigenvalue weighted by atomic mass is 10.1. The van der Waals surface area contributed by atoms with Gasteiger partial charge in [-0.2, -0.15) is 0 Å². The highest BCUT2D eigenvalue weighted by Crippen LogP contribution is 2.32. The minimum atomic E-state index is -0.390. The normalized spacial score (nSPS) is 16.0. The van der Waals surface area contributed by atoms with Crippen molar-refractivity contribution in [2.45, 2.75) is 6.42 Å². The van der Waals surface area contributed by atoms with Crippen LogP contribution >= 0.6 is 0 Å². The molecule has 2 heterocycles. The molecule has 1 saturated heterocycles. The lowest BCUT2D eigenvalue weighted by Crippen LogP contribution is -2.38. The molecular weight excluding hydrogens is 348 g/mol. The van der Waals surface area contributed by atoms with E-state index in [1.165, 1.54) is 0 Å². The Kier molecular flexibility index (Phi) is 4.82. The van der Waals surface area contributed by atoms with E-state index in [0.717, 1.165) is 0 Å². The number of rotatable bonds is 2. The zero-order valence-corrected chi connectivity index (χ0v) is 14.8. The monoisotopic (exact) mass is 368 g/mol. The molecule has 27 heavy (non-hydrogen) atoms. The highest BCUT2D eigenvalue weighted by molar-refractivity contribution is 5.95. The average Bonchev–Trinajstić information content (AvgIpc) is 3.02. The number of amides is 2. The van der Waals surface area contributed by atoms with E-state index in [-0.39, 0.29) is 12.7 Å². The number of hydrogen-bond acceptors (Lipinski definition) is 5. The summed E-state index contributed by atoms with van der Waals surface area (Å²) in [7, 11) is 0. The molecule has 7 nitrogen and oxygen atoms in total. The highest BCUT2D eigenvalue weighted by Gasteiger charge is 2.25. The van der Waals surface area contributed by atoms with E-state index in [2.05, 4.69) is 0 Å². The molecule has 2 aliphatic heterocycles. The van der Waals surface area contributed by atoms with Crippen molar-refractivity contribution in [2.75, 3.05) is 33.0 Å². The van der Waals surface area contributed by atoms with Crippen LogP contribution < -0.4 is 14.2 Å². The van der Waals surface area contributed by atoms with Crippen molar-refractivity contribution in [3.05, 3.63) is 54.1 Å². The van der Waals surface area contributed by atoms with Crippen LogP contribution in [0, 0.1) is 0 Å². The molecule has 7 heteroatoms. The Morgan fingerprint density at radius 1 is 0.852 bits per heavy atom. The maximum absolute atomic E-state index is 12.8. The number of ether oxygens (including phenoxy) is 3. The molecule has 0 radical (unpaired) electrons. The summed E-state index contributed by atoms with van der Waals surface area (Å²) >= 11 is 0. The molecule has 4 rings (SSSR count). The van der Waals surface area contributed by atoms with E-state index in [9.17, 15) is 9.59 Å². The SMILES string of the molecule is O=C(Oc1ccccc1)N1CCCN(C(=O)c2ccc3c(c2)OCO3)CC1. The third kappa shape index (κ3) is 3.81. The summed E-state index contributed by atoms with van der Waals surface area (Å²) < 4.78 is 16.0. The van der Waals surface area contributed by atoms with Crippen LogP contribution in [0.4, 0.5) is 4.79 Å². The topological polar surface area (TPSA) is 68.3 Å². The second-order valence-electron chi connectivity index (χ2n) is 6.38. The highest BCUT2D eigenvalue weighted by atomic mass is 16.7. The minimum absolute atomic E-state index is 0.0772. The molecule has 1 fully saturated rings. The van der Waals surface area contributed by atoms with Gasteiger partial charge in [0.15, 0.2) is 11.5 Å². The summed E-state index contributed by atoms with van der Waals surface area (Å²) in [6.07, 6.45) is 0.304. The van der Waals surface area contributed by atoms with Crippen molar-refractivity contribution >= 4 is 12.0 Å².